The first kappa shape index (κ1) is 23.0. The number of hydrogen-bond acceptors (Lipinski definition) is 9. The van der Waals surface area contributed by atoms with Gasteiger partial charge in [0.2, 0.25) is 11.6 Å². The fourth-order valence-electron chi connectivity index (χ4n) is 3.22. The molecule has 0 fully saturated rings. The SMILES string of the molecule is COCCN(CCOC)c1ncnc(N(Cc2ccccc2)c2ccccn2)c1[N+](=O)[O-]. The summed E-state index contributed by atoms with van der Waals surface area (Å²) in [4.78, 5) is 28.3. The minimum absolute atomic E-state index is 0.169. The molecule has 0 aliphatic rings. The maximum absolute atomic E-state index is 12.3. The molecule has 0 radical (unpaired) electrons. The summed E-state index contributed by atoms with van der Waals surface area (Å²) in [5, 5.41) is 12.3. The predicted molar refractivity (Wildman–Crippen MR) is 121 cm³/mol. The highest BCUT2D eigenvalue weighted by atomic mass is 16.6. The molecule has 0 aliphatic carbocycles. The van der Waals surface area contributed by atoms with Gasteiger partial charge in [-0.25, -0.2) is 15.0 Å². The lowest BCUT2D eigenvalue weighted by molar-refractivity contribution is -0.383. The molecule has 0 bridgehead atoms. The van der Waals surface area contributed by atoms with Crippen molar-refractivity contribution in [3.05, 3.63) is 76.7 Å². The number of rotatable bonds is 12. The average molecular weight is 438 g/mol. The van der Waals surface area contributed by atoms with Gasteiger partial charge in [0.1, 0.15) is 12.1 Å². The van der Waals surface area contributed by atoms with Gasteiger partial charge < -0.3 is 19.3 Å². The van der Waals surface area contributed by atoms with E-state index in [2.05, 4.69) is 15.0 Å². The van der Waals surface area contributed by atoms with E-state index in [1.54, 1.807) is 42.3 Å². The minimum Gasteiger partial charge on any atom is -0.383 e. The smallest absolute Gasteiger partial charge is 0.354 e. The third kappa shape index (κ3) is 5.74. The normalized spacial score (nSPS) is 10.7. The van der Waals surface area contributed by atoms with E-state index in [1.807, 2.05) is 36.4 Å². The molecule has 2 aromatic heterocycles. The van der Waals surface area contributed by atoms with E-state index in [-0.39, 0.29) is 17.3 Å². The summed E-state index contributed by atoms with van der Waals surface area (Å²) in [7, 11) is 3.16. The summed E-state index contributed by atoms with van der Waals surface area (Å²) in [6, 6.07) is 15.1. The van der Waals surface area contributed by atoms with E-state index >= 15 is 0 Å². The summed E-state index contributed by atoms with van der Waals surface area (Å²) in [6.07, 6.45) is 2.98. The average Bonchev–Trinajstić information content (AvgIpc) is 2.83. The van der Waals surface area contributed by atoms with Crippen molar-refractivity contribution in [2.24, 2.45) is 0 Å². The zero-order valence-electron chi connectivity index (χ0n) is 18.1. The van der Waals surface area contributed by atoms with Crippen LogP contribution >= 0.6 is 0 Å². The van der Waals surface area contributed by atoms with Crippen LogP contribution in [0.3, 0.4) is 0 Å². The molecule has 1 aromatic carbocycles. The van der Waals surface area contributed by atoms with Crippen LogP contribution < -0.4 is 9.80 Å². The zero-order valence-corrected chi connectivity index (χ0v) is 18.1. The van der Waals surface area contributed by atoms with Crippen molar-refractivity contribution in [1.82, 2.24) is 15.0 Å². The van der Waals surface area contributed by atoms with Crippen LogP contribution in [0, 0.1) is 10.1 Å². The summed E-state index contributed by atoms with van der Waals surface area (Å²) >= 11 is 0. The number of nitrogens with zero attached hydrogens (tertiary/aromatic N) is 6. The molecule has 0 unspecified atom stereocenters. The number of anilines is 3. The molecule has 0 saturated carbocycles. The minimum atomic E-state index is -0.446. The van der Waals surface area contributed by atoms with E-state index < -0.39 is 4.92 Å². The Morgan fingerprint density at radius 3 is 2.16 bits per heavy atom. The van der Waals surface area contributed by atoms with E-state index in [0.717, 1.165) is 5.56 Å². The van der Waals surface area contributed by atoms with Crippen molar-refractivity contribution in [2.45, 2.75) is 6.54 Å². The lowest BCUT2D eigenvalue weighted by Crippen LogP contribution is -2.32. The monoisotopic (exact) mass is 438 g/mol. The molecule has 3 aromatic rings. The molecule has 32 heavy (non-hydrogen) atoms. The number of pyridine rings is 1. The van der Waals surface area contributed by atoms with Gasteiger partial charge in [-0.3, -0.25) is 10.1 Å². The Kier molecular flexibility index (Phi) is 8.41. The number of ether oxygens (including phenoxy) is 2. The van der Waals surface area contributed by atoms with Gasteiger partial charge >= 0.3 is 5.69 Å². The van der Waals surface area contributed by atoms with Gasteiger partial charge in [-0.1, -0.05) is 36.4 Å². The Balaban J connectivity index is 2.11. The molecular weight excluding hydrogens is 412 g/mol. The number of hydrogen-bond donors (Lipinski definition) is 0. The third-order valence-corrected chi connectivity index (χ3v) is 4.76. The highest BCUT2D eigenvalue weighted by molar-refractivity contribution is 5.75. The van der Waals surface area contributed by atoms with Crippen molar-refractivity contribution in [3.63, 3.8) is 0 Å². The third-order valence-electron chi connectivity index (χ3n) is 4.76. The standard InChI is InChI=1S/C22H26N6O4/c1-31-14-12-26(13-15-32-2)21-20(28(29)30)22(25-17-24-21)27(19-10-6-7-11-23-19)16-18-8-4-3-5-9-18/h3-11,17H,12-16H2,1-2H3. The Hall–Kier alpha value is -3.63. The molecule has 2 heterocycles. The fraction of sp³-hybridized carbons (Fsp3) is 0.318. The Bertz CT molecular complexity index is 982. The lowest BCUT2D eigenvalue weighted by atomic mass is 10.2. The Labute approximate surface area is 186 Å². The second-order valence-corrected chi connectivity index (χ2v) is 6.86. The predicted octanol–water partition coefficient (Wildman–Crippen LogP) is 3.22. The van der Waals surface area contributed by atoms with Gasteiger partial charge in [-0.05, 0) is 17.7 Å². The van der Waals surface area contributed by atoms with Crippen LogP contribution in [0.4, 0.5) is 23.1 Å². The van der Waals surface area contributed by atoms with E-state index in [4.69, 9.17) is 9.47 Å². The van der Waals surface area contributed by atoms with Crippen LogP contribution in [0.15, 0.2) is 61.1 Å². The van der Waals surface area contributed by atoms with Crippen molar-refractivity contribution in [3.8, 4) is 0 Å². The largest absolute Gasteiger partial charge is 0.383 e. The molecule has 0 saturated heterocycles. The first-order chi connectivity index (χ1) is 15.7. The van der Waals surface area contributed by atoms with Gasteiger partial charge in [-0.2, -0.15) is 0 Å². The summed E-state index contributed by atoms with van der Waals surface area (Å²) in [6.45, 7) is 1.95. The van der Waals surface area contributed by atoms with Gasteiger partial charge in [0, 0.05) is 33.5 Å². The maximum atomic E-state index is 12.3. The summed E-state index contributed by atoms with van der Waals surface area (Å²) in [5.74, 6) is 0.926. The van der Waals surface area contributed by atoms with Crippen molar-refractivity contribution in [2.75, 3.05) is 50.3 Å². The number of aromatic nitrogens is 3. The highest BCUT2D eigenvalue weighted by Gasteiger charge is 2.31. The molecule has 0 spiro atoms. The quantitative estimate of drug-likeness (QED) is 0.311. The molecule has 3 rings (SSSR count). The zero-order chi connectivity index (χ0) is 22.8. The van der Waals surface area contributed by atoms with Gasteiger partial charge in [0.15, 0.2) is 0 Å². The van der Waals surface area contributed by atoms with Crippen LogP contribution in [-0.2, 0) is 16.0 Å². The number of nitro groups is 1. The van der Waals surface area contributed by atoms with Gasteiger partial charge in [0.25, 0.3) is 0 Å². The number of methoxy groups -OCH3 is 2. The fourth-order valence-corrected chi connectivity index (χ4v) is 3.22. The Morgan fingerprint density at radius 1 is 0.906 bits per heavy atom. The van der Waals surface area contributed by atoms with Crippen molar-refractivity contribution < 1.29 is 14.4 Å². The molecule has 168 valence electrons. The van der Waals surface area contributed by atoms with Crippen LogP contribution in [-0.4, -0.2) is 60.4 Å². The number of benzene rings is 1. The Morgan fingerprint density at radius 2 is 1.56 bits per heavy atom. The lowest BCUT2D eigenvalue weighted by Gasteiger charge is -2.26. The van der Waals surface area contributed by atoms with Gasteiger partial charge in [0.05, 0.1) is 24.7 Å². The molecule has 0 aliphatic heterocycles. The van der Waals surface area contributed by atoms with E-state index in [0.29, 0.717) is 38.7 Å². The summed E-state index contributed by atoms with van der Waals surface area (Å²) in [5.41, 5.74) is 0.768. The molecule has 0 amide bonds. The molecular formula is C22H26N6O4. The summed E-state index contributed by atoms with van der Waals surface area (Å²) < 4.78 is 10.4. The van der Waals surface area contributed by atoms with Crippen molar-refractivity contribution >= 4 is 23.1 Å². The van der Waals surface area contributed by atoms with Crippen LogP contribution in [0.25, 0.3) is 0 Å². The van der Waals surface area contributed by atoms with E-state index in [1.165, 1.54) is 6.33 Å². The van der Waals surface area contributed by atoms with Crippen LogP contribution in [0.1, 0.15) is 5.56 Å². The van der Waals surface area contributed by atoms with Crippen LogP contribution in [0.5, 0.6) is 0 Å². The first-order valence-corrected chi connectivity index (χ1v) is 10.1. The second-order valence-electron chi connectivity index (χ2n) is 6.86. The first-order valence-electron chi connectivity index (χ1n) is 10.1. The van der Waals surface area contributed by atoms with E-state index in [9.17, 15) is 10.1 Å². The van der Waals surface area contributed by atoms with Gasteiger partial charge in [-0.15, -0.1) is 0 Å². The molecule has 10 heteroatoms. The second kappa shape index (κ2) is 11.7. The highest BCUT2D eigenvalue weighted by Crippen LogP contribution is 2.37. The topological polar surface area (TPSA) is 107 Å². The van der Waals surface area contributed by atoms with Crippen molar-refractivity contribution in [1.29, 1.82) is 0 Å². The molecule has 10 nitrogen and oxygen atoms in total. The maximum Gasteiger partial charge on any atom is 0.354 e. The molecule has 0 N–H and O–H groups in total. The molecule has 0 atom stereocenters. The van der Waals surface area contributed by atoms with Crippen LogP contribution in [0.2, 0.25) is 0 Å².